The first-order chi connectivity index (χ1) is 3.18. The van der Waals surface area contributed by atoms with Crippen LogP contribution in [0.15, 0.2) is 0 Å². The zero-order valence-electron chi connectivity index (χ0n) is 5.16. The fourth-order valence-corrected chi connectivity index (χ4v) is 0.722. The molecule has 0 N–H and O–H groups in total. The van der Waals surface area contributed by atoms with Crippen molar-refractivity contribution < 1.29 is 0 Å². The van der Waals surface area contributed by atoms with E-state index in [9.17, 15) is 0 Å². The van der Waals surface area contributed by atoms with Gasteiger partial charge >= 0.3 is 0 Å². The molecule has 0 saturated carbocycles. The molecule has 0 rings (SSSR count). The standard InChI is InChI=1S/C6H12I/c1-4-5(2)6(3)7/h5H,4H2,1-3H3. The van der Waals surface area contributed by atoms with Crippen LogP contribution in [0.3, 0.4) is 0 Å². The van der Waals surface area contributed by atoms with Crippen LogP contribution in [0, 0.1) is 9.84 Å². The molecule has 0 aromatic rings. The van der Waals surface area contributed by atoms with Crippen molar-refractivity contribution in [3.05, 3.63) is 3.92 Å². The Kier molecular flexibility index (Phi) is 4.08. The first kappa shape index (κ1) is 7.73. The molecule has 0 heterocycles. The van der Waals surface area contributed by atoms with Gasteiger partial charge in [-0.05, 0) is 12.8 Å². The minimum absolute atomic E-state index is 0.806. The molecular weight excluding hydrogens is 199 g/mol. The average molecular weight is 211 g/mol. The van der Waals surface area contributed by atoms with Crippen LogP contribution in [0.4, 0.5) is 0 Å². The third-order valence-electron chi connectivity index (χ3n) is 1.29. The van der Waals surface area contributed by atoms with Gasteiger partial charge in [0.05, 0.1) is 0 Å². The van der Waals surface area contributed by atoms with Crippen LogP contribution < -0.4 is 0 Å². The monoisotopic (exact) mass is 211 g/mol. The van der Waals surface area contributed by atoms with Crippen LogP contribution in [-0.4, -0.2) is 0 Å². The molecule has 0 aliphatic rings. The summed E-state index contributed by atoms with van der Waals surface area (Å²) in [6.07, 6.45) is 1.27. The highest BCUT2D eigenvalue weighted by Crippen LogP contribution is 2.22. The molecule has 43 valence electrons. The van der Waals surface area contributed by atoms with Gasteiger partial charge in [-0.25, -0.2) is 0 Å². The lowest BCUT2D eigenvalue weighted by Gasteiger charge is -2.07. The van der Waals surface area contributed by atoms with Crippen molar-refractivity contribution in [2.75, 3.05) is 0 Å². The summed E-state index contributed by atoms with van der Waals surface area (Å²) in [5.41, 5.74) is 0. The molecule has 1 radical (unpaired) electrons. The van der Waals surface area contributed by atoms with Crippen molar-refractivity contribution >= 4 is 22.6 Å². The Morgan fingerprint density at radius 1 is 1.71 bits per heavy atom. The summed E-state index contributed by atoms with van der Waals surface area (Å²) in [6, 6.07) is 0. The summed E-state index contributed by atoms with van der Waals surface area (Å²) in [7, 11) is 0. The molecule has 1 unspecified atom stereocenters. The molecule has 0 aliphatic carbocycles. The molecule has 0 nitrogen and oxygen atoms in total. The van der Waals surface area contributed by atoms with Crippen LogP contribution in [0.1, 0.15) is 27.2 Å². The molecular formula is C6H12I. The van der Waals surface area contributed by atoms with E-state index in [2.05, 4.69) is 43.4 Å². The van der Waals surface area contributed by atoms with Gasteiger partial charge in [0.1, 0.15) is 0 Å². The first-order valence-corrected chi connectivity index (χ1v) is 3.75. The second-order valence-corrected chi connectivity index (χ2v) is 3.60. The number of hydrogen-bond acceptors (Lipinski definition) is 0. The second kappa shape index (κ2) is 3.70. The molecule has 1 atom stereocenters. The lowest BCUT2D eigenvalue weighted by molar-refractivity contribution is 0.641. The first-order valence-electron chi connectivity index (χ1n) is 2.67. The minimum Gasteiger partial charge on any atom is -0.0774 e. The molecule has 0 saturated heterocycles. The van der Waals surface area contributed by atoms with Crippen LogP contribution in [0.25, 0.3) is 0 Å². The fourth-order valence-electron chi connectivity index (χ4n) is 0.281. The van der Waals surface area contributed by atoms with E-state index in [4.69, 9.17) is 0 Å². The zero-order chi connectivity index (χ0) is 5.86. The van der Waals surface area contributed by atoms with E-state index >= 15 is 0 Å². The van der Waals surface area contributed by atoms with E-state index in [1.807, 2.05) is 0 Å². The average Bonchev–Trinajstić information content (AvgIpc) is 1.65. The summed E-state index contributed by atoms with van der Waals surface area (Å²) in [5, 5.41) is 0. The van der Waals surface area contributed by atoms with Crippen molar-refractivity contribution in [3.8, 4) is 0 Å². The zero-order valence-corrected chi connectivity index (χ0v) is 7.32. The largest absolute Gasteiger partial charge is 0.0774 e. The summed E-state index contributed by atoms with van der Waals surface area (Å²) >= 11 is 2.39. The van der Waals surface area contributed by atoms with Gasteiger partial charge < -0.3 is 0 Å². The number of hydrogen-bond donors (Lipinski definition) is 0. The Bertz CT molecular complexity index is 41.4. The topological polar surface area (TPSA) is 0 Å². The molecule has 0 aliphatic heterocycles. The Morgan fingerprint density at radius 2 is 2.14 bits per heavy atom. The molecule has 0 bridgehead atoms. The molecule has 7 heavy (non-hydrogen) atoms. The highest BCUT2D eigenvalue weighted by atomic mass is 127. The summed E-state index contributed by atoms with van der Waals surface area (Å²) < 4.78 is 1.51. The highest BCUT2D eigenvalue weighted by Gasteiger charge is 2.03. The predicted octanol–water partition coefficient (Wildman–Crippen LogP) is 3.02. The second-order valence-electron chi connectivity index (χ2n) is 1.90. The SMILES string of the molecule is CCC(C)[C](C)I. The van der Waals surface area contributed by atoms with E-state index < -0.39 is 0 Å². The summed E-state index contributed by atoms with van der Waals surface area (Å²) in [4.78, 5) is 0. The Hall–Kier alpha value is 0.730. The Balaban J connectivity index is 3.14. The van der Waals surface area contributed by atoms with Gasteiger partial charge in [-0.3, -0.25) is 0 Å². The van der Waals surface area contributed by atoms with Crippen LogP contribution in [0.2, 0.25) is 0 Å². The smallest absolute Gasteiger partial charge is 0.0365 e. The lowest BCUT2D eigenvalue weighted by Crippen LogP contribution is -1.94. The van der Waals surface area contributed by atoms with Crippen LogP contribution >= 0.6 is 22.6 Å². The number of halogens is 1. The van der Waals surface area contributed by atoms with E-state index in [1.54, 1.807) is 0 Å². The van der Waals surface area contributed by atoms with Crippen LogP contribution in [0.5, 0.6) is 0 Å². The molecule has 1 heteroatoms. The minimum atomic E-state index is 0.806. The van der Waals surface area contributed by atoms with E-state index in [0.29, 0.717) is 0 Å². The van der Waals surface area contributed by atoms with Gasteiger partial charge in [-0.2, -0.15) is 0 Å². The normalized spacial score (nSPS) is 15.0. The maximum absolute atomic E-state index is 2.39. The lowest BCUT2D eigenvalue weighted by atomic mass is 10.1. The Labute approximate surface area is 59.8 Å². The van der Waals surface area contributed by atoms with Gasteiger partial charge in [0.25, 0.3) is 0 Å². The highest BCUT2D eigenvalue weighted by molar-refractivity contribution is 14.1. The van der Waals surface area contributed by atoms with Gasteiger partial charge in [-0.15, -0.1) is 0 Å². The quantitative estimate of drug-likeness (QED) is 0.616. The molecule has 0 fully saturated rings. The summed E-state index contributed by atoms with van der Waals surface area (Å²) in [6.45, 7) is 6.64. The van der Waals surface area contributed by atoms with Gasteiger partial charge in [0.2, 0.25) is 0 Å². The third kappa shape index (κ3) is 3.32. The molecule has 0 spiro atoms. The van der Waals surface area contributed by atoms with E-state index in [1.165, 1.54) is 10.3 Å². The maximum atomic E-state index is 2.39. The third-order valence-corrected chi connectivity index (χ3v) is 2.35. The molecule has 0 amide bonds. The summed E-state index contributed by atoms with van der Waals surface area (Å²) in [5.74, 6) is 0.806. The van der Waals surface area contributed by atoms with Gasteiger partial charge in [0.15, 0.2) is 0 Å². The predicted molar refractivity (Wildman–Crippen MR) is 42.4 cm³/mol. The number of rotatable bonds is 2. The van der Waals surface area contributed by atoms with Gasteiger partial charge in [0, 0.05) is 3.92 Å². The molecule has 0 aromatic carbocycles. The maximum Gasteiger partial charge on any atom is 0.0365 e. The van der Waals surface area contributed by atoms with Crippen LogP contribution in [-0.2, 0) is 0 Å². The van der Waals surface area contributed by atoms with Crippen molar-refractivity contribution in [1.29, 1.82) is 0 Å². The van der Waals surface area contributed by atoms with Crippen molar-refractivity contribution in [1.82, 2.24) is 0 Å². The van der Waals surface area contributed by atoms with E-state index in [-0.39, 0.29) is 0 Å². The van der Waals surface area contributed by atoms with Crippen molar-refractivity contribution in [3.63, 3.8) is 0 Å². The fraction of sp³-hybridized carbons (Fsp3) is 0.833. The van der Waals surface area contributed by atoms with Crippen molar-refractivity contribution in [2.45, 2.75) is 27.2 Å². The molecule has 0 aromatic heterocycles. The Morgan fingerprint density at radius 3 is 2.14 bits per heavy atom. The van der Waals surface area contributed by atoms with Crippen molar-refractivity contribution in [2.24, 2.45) is 5.92 Å². The van der Waals surface area contributed by atoms with Gasteiger partial charge in [-0.1, -0.05) is 42.9 Å². The van der Waals surface area contributed by atoms with E-state index in [0.717, 1.165) is 5.92 Å².